The van der Waals surface area contributed by atoms with Crippen LogP contribution in [0.4, 0.5) is 11.5 Å². The number of aryl methyl sites for hydroxylation is 1. The maximum Gasteiger partial charge on any atom is 0.256 e. The maximum absolute atomic E-state index is 11.8. The zero-order chi connectivity index (χ0) is 11.5. The molecule has 1 heterocycles. The number of nitrogen functional groups attached to an aromatic ring is 1. The SMILES string of the molecule is Cn1ncc(N)c1NC(=O)c1ccccc1. The number of aromatic nitrogens is 2. The van der Waals surface area contributed by atoms with Gasteiger partial charge in [-0.2, -0.15) is 5.10 Å². The third-order valence-electron chi connectivity index (χ3n) is 2.23. The smallest absolute Gasteiger partial charge is 0.256 e. The Balaban J connectivity index is 2.21. The van der Waals surface area contributed by atoms with Crippen molar-refractivity contribution >= 4 is 17.4 Å². The van der Waals surface area contributed by atoms with Crippen molar-refractivity contribution in [1.29, 1.82) is 0 Å². The summed E-state index contributed by atoms with van der Waals surface area (Å²) in [6.07, 6.45) is 1.50. The number of carbonyl (C=O) groups excluding carboxylic acids is 1. The number of anilines is 2. The lowest BCUT2D eigenvalue weighted by Gasteiger charge is -2.06. The summed E-state index contributed by atoms with van der Waals surface area (Å²) in [5.41, 5.74) is 6.71. The molecule has 2 aromatic rings. The Morgan fingerprint density at radius 3 is 2.62 bits per heavy atom. The average Bonchev–Trinajstić information content (AvgIpc) is 2.62. The molecule has 0 fully saturated rings. The van der Waals surface area contributed by atoms with Gasteiger partial charge in [-0.05, 0) is 12.1 Å². The summed E-state index contributed by atoms with van der Waals surface area (Å²) in [7, 11) is 1.72. The van der Waals surface area contributed by atoms with E-state index in [2.05, 4.69) is 10.4 Å². The number of nitrogens with one attached hydrogen (secondary N) is 1. The first kappa shape index (κ1) is 10.2. The number of carbonyl (C=O) groups is 1. The van der Waals surface area contributed by atoms with Crippen LogP contribution in [0, 0.1) is 0 Å². The summed E-state index contributed by atoms with van der Waals surface area (Å²) in [5.74, 6) is 0.310. The van der Waals surface area contributed by atoms with Gasteiger partial charge in [0.25, 0.3) is 5.91 Å². The summed E-state index contributed by atoms with van der Waals surface area (Å²) in [6, 6.07) is 8.95. The molecule has 2 rings (SSSR count). The van der Waals surface area contributed by atoms with Gasteiger partial charge in [0.1, 0.15) is 0 Å². The normalized spacial score (nSPS) is 10.1. The molecule has 0 aliphatic rings. The molecule has 0 spiro atoms. The first-order chi connectivity index (χ1) is 7.68. The van der Waals surface area contributed by atoms with Gasteiger partial charge in [0.2, 0.25) is 0 Å². The van der Waals surface area contributed by atoms with Crippen LogP contribution in [0.5, 0.6) is 0 Å². The lowest BCUT2D eigenvalue weighted by Crippen LogP contribution is -2.15. The van der Waals surface area contributed by atoms with Crippen LogP contribution >= 0.6 is 0 Å². The van der Waals surface area contributed by atoms with E-state index in [1.54, 1.807) is 19.2 Å². The number of benzene rings is 1. The standard InChI is InChI=1S/C11H12N4O/c1-15-10(9(12)7-13-15)14-11(16)8-5-3-2-4-6-8/h2-7H,12H2,1H3,(H,14,16). The molecule has 3 N–H and O–H groups in total. The first-order valence-electron chi connectivity index (χ1n) is 4.82. The predicted molar refractivity (Wildman–Crippen MR) is 62.0 cm³/mol. The van der Waals surface area contributed by atoms with Gasteiger partial charge in [-0.15, -0.1) is 0 Å². The Kier molecular flexibility index (Phi) is 2.59. The topological polar surface area (TPSA) is 72.9 Å². The van der Waals surface area contributed by atoms with Crippen LogP contribution in [0.3, 0.4) is 0 Å². The molecule has 0 aliphatic heterocycles. The minimum Gasteiger partial charge on any atom is -0.394 e. The summed E-state index contributed by atoms with van der Waals surface area (Å²) in [6.45, 7) is 0. The molecule has 82 valence electrons. The molecule has 5 nitrogen and oxygen atoms in total. The molecule has 1 aromatic carbocycles. The fraction of sp³-hybridized carbons (Fsp3) is 0.0909. The zero-order valence-corrected chi connectivity index (χ0v) is 8.84. The van der Waals surface area contributed by atoms with Crippen molar-refractivity contribution in [3.8, 4) is 0 Å². The first-order valence-corrected chi connectivity index (χ1v) is 4.82. The largest absolute Gasteiger partial charge is 0.394 e. The van der Waals surface area contributed by atoms with E-state index in [1.165, 1.54) is 10.9 Å². The number of hydrogen-bond acceptors (Lipinski definition) is 3. The second-order valence-electron chi connectivity index (χ2n) is 3.39. The number of hydrogen-bond donors (Lipinski definition) is 2. The summed E-state index contributed by atoms with van der Waals surface area (Å²) < 4.78 is 1.52. The van der Waals surface area contributed by atoms with E-state index in [1.807, 2.05) is 18.2 Å². The second kappa shape index (κ2) is 4.06. The molecule has 0 unspecified atom stereocenters. The third-order valence-corrected chi connectivity index (χ3v) is 2.23. The Bertz CT molecular complexity index is 484. The number of rotatable bonds is 2. The Morgan fingerprint density at radius 1 is 1.38 bits per heavy atom. The summed E-state index contributed by atoms with van der Waals surface area (Å²) in [4.78, 5) is 11.8. The van der Waals surface area contributed by atoms with Crippen LogP contribution in [-0.2, 0) is 7.05 Å². The van der Waals surface area contributed by atoms with Gasteiger partial charge >= 0.3 is 0 Å². The van der Waals surface area contributed by atoms with E-state index in [4.69, 9.17) is 5.73 Å². The molecular weight excluding hydrogens is 204 g/mol. The number of nitrogens with zero attached hydrogens (tertiary/aromatic N) is 2. The quantitative estimate of drug-likeness (QED) is 0.793. The van der Waals surface area contributed by atoms with Gasteiger partial charge in [0, 0.05) is 12.6 Å². The van der Waals surface area contributed by atoms with E-state index in [-0.39, 0.29) is 5.91 Å². The van der Waals surface area contributed by atoms with Crippen molar-refractivity contribution in [3.63, 3.8) is 0 Å². The molecule has 0 bridgehead atoms. The van der Waals surface area contributed by atoms with Gasteiger partial charge in [-0.25, -0.2) is 0 Å². The van der Waals surface area contributed by atoms with Crippen LogP contribution in [-0.4, -0.2) is 15.7 Å². The molecule has 1 amide bonds. The number of amides is 1. The minimum atomic E-state index is -0.198. The summed E-state index contributed by atoms with van der Waals surface area (Å²) >= 11 is 0. The van der Waals surface area contributed by atoms with Gasteiger partial charge in [-0.3, -0.25) is 9.48 Å². The predicted octanol–water partition coefficient (Wildman–Crippen LogP) is 1.25. The van der Waals surface area contributed by atoms with Crippen molar-refractivity contribution in [1.82, 2.24) is 9.78 Å². The molecule has 0 radical (unpaired) electrons. The lowest BCUT2D eigenvalue weighted by molar-refractivity contribution is 0.102. The molecule has 16 heavy (non-hydrogen) atoms. The van der Waals surface area contributed by atoms with Gasteiger partial charge in [0.15, 0.2) is 5.82 Å². The molecule has 0 saturated heterocycles. The second-order valence-corrected chi connectivity index (χ2v) is 3.39. The highest BCUT2D eigenvalue weighted by atomic mass is 16.1. The van der Waals surface area contributed by atoms with Crippen molar-refractivity contribution < 1.29 is 4.79 Å². The van der Waals surface area contributed by atoms with Gasteiger partial charge in [-0.1, -0.05) is 18.2 Å². The monoisotopic (exact) mass is 216 g/mol. The highest BCUT2D eigenvalue weighted by molar-refractivity contribution is 6.05. The molecule has 0 aliphatic carbocycles. The number of nitrogens with two attached hydrogens (primary N) is 1. The average molecular weight is 216 g/mol. The van der Waals surface area contributed by atoms with E-state index in [0.717, 1.165) is 0 Å². The Labute approximate surface area is 92.9 Å². The molecule has 0 atom stereocenters. The van der Waals surface area contributed by atoms with Crippen molar-refractivity contribution in [2.24, 2.45) is 7.05 Å². The summed E-state index contributed by atoms with van der Waals surface area (Å²) in [5, 5.41) is 6.65. The minimum absolute atomic E-state index is 0.198. The molecular formula is C11H12N4O. The van der Waals surface area contributed by atoms with Crippen LogP contribution in [0.15, 0.2) is 36.5 Å². The van der Waals surface area contributed by atoms with Gasteiger partial charge in [0.05, 0.1) is 11.9 Å². The van der Waals surface area contributed by atoms with Gasteiger partial charge < -0.3 is 11.1 Å². The van der Waals surface area contributed by atoms with Crippen molar-refractivity contribution in [2.75, 3.05) is 11.1 Å². The van der Waals surface area contributed by atoms with E-state index in [0.29, 0.717) is 17.1 Å². The maximum atomic E-state index is 11.8. The van der Waals surface area contributed by atoms with E-state index in [9.17, 15) is 4.79 Å². The fourth-order valence-electron chi connectivity index (χ4n) is 1.38. The van der Waals surface area contributed by atoms with E-state index >= 15 is 0 Å². The zero-order valence-electron chi connectivity index (χ0n) is 8.84. The Hall–Kier alpha value is -2.30. The highest BCUT2D eigenvalue weighted by Gasteiger charge is 2.10. The van der Waals surface area contributed by atoms with Crippen LogP contribution in [0.1, 0.15) is 10.4 Å². The molecule has 0 saturated carbocycles. The Morgan fingerprint density at radius 2 is 2.06 bits per heavy atom. The van der Waals surface area contributed by atoms with Crippen molar-refractivity contribution in [2.45, 2.75) is 0 Å². The van der Waals surface area contributed by atoms with Crippen LogP contribution in [0.2, 0.25) is 0 Å². The molecule has 5 heteroatoms. The van der Waals surface area contributed by atoms with Crippen LogP contribution < -0.4 is 11.1 Å². The van der Waals surface area contributed by atoms with Crippen molar-refractivity contribution in [3.05, 3.63) is 42.1 Å². The highest BCUT2D eigenvalue weighted by Crippen LogP contribution is 2.16. The van der Waals surface area contributed by atoms with Crippen LogP contribution in [0.25, 0.3) is 0 Å². The lowest BCUT2D eigenvalue weighted by atomic mass is 10.2. The third kappa shape index (κ3) is 1.88. The fourth-order valence-corrected chi connectivity index (χ4v) is 1.38. The van der Waals surface area contributed by atoms with E-state index < -0.39 is 0 Å². The molecule has 1 aromatic heterocycles.